The number of sulfonamides is 1. The maximum Gasteiger partial charge on any atom is 0.242 e. The van der Waals surface area contributed by atoms with Crippen LogP contribution in [0.15, 0.2) is 54.6 Å². The number of nitrogens with zero attached hydrogens (tertiary/aromatic N) is 2. The van der Waals surface area contributed by atoms with E-state index in [9.17, 15) is 18.0 Å². The molecule has 2 aromatic rings. The Kier molecular flexibility index (Phi) is 11.2. The third-order valence-corrected chi connectivity index (χ3v) is 6.99. The van der Waals surface area contributed by atoms with Crippen molar-refractivity contribution in [3.05, 3.63) is 60.2 Å². The third kappa shape index (κ3) is 8.55. The largest absolute Gasteiger partial charge is 0.495 e. The van der Waals surface area contributed by atoms with Gasteiger partial charge in [-0.1, -0.05) is 49.4 Å². The third-order valence-electron chi connectivity index (χ3n) is 5.81. The van der Waals surface area contributed by atoms with Crippen molar-refractivity contribution in [3.8, 4) is 5.75 Å². The maximum atomic E-state index is 13.4. The number of rotatable bonds is 14. The van der Waals surface area contributed by atoms with Crippen LogP contribution < -0.4 is 14.4 Å². The Hall–Kier alpha value is -3.07. The van der Waals surface area contributed by atoms with E-state index in [2.05, 4.69) is 5.32 Å². The summed E-state index contributed by atoms with van der Waals surface area (Å²) < 4.78 is 31.7. The number of hydrogen-bond acceptors (Lipinski definition) is 5. The van der Waals surface area contributed by atoms with Crippen LogP contribution in [-0.4, -0.2) is 63.7 Å². The van der Waals surface area contributed by atoms with Crippen molar-refractivity contribution in [2.45, 2.75) is 58.5 Å². The second kappa shape index (κ2) is 13.9. The molecule has 1 atom stereocenters. The highest BCUT2D eigenvalue weighted by molar-refractivity contribution is 7.92. The molecule has 2 rings (SSSR count). The predicted octanol–water partition coefficient (Wildman–Crippen LogP) is 3.62. The van der Waals surface area contributed by atoms with E-state index in [0.717, 1.165) is 11.8 Å². The number of benzene rings is 2. The van der Waals surface area contributed by atoms with Crippen molar-refractivity contribution >= 4 is 27.5 Å². The average molecular weight is 518 g/mol. The molecule has 0 aliphatic carbocycles. The first-order valence-electron chi connectivity index (χ1n) is 12.3. The minimum Gasteiger partial charge on any atom is -0.495 e. The second-order valence-corrected chi connectivity index (χ2v) is 10.9. The fourth-order valence-electron chi connectivity index (χ4n) is 4.09. The van der Waals surface area contributed by atoms with Gasteiger partial charge in [0.15, 0.2) is 0 Å². The highest BCUT2D eigenvalue weighted by Gasteiger charge is 2.29. The van der Waals surface area contributed by atoms with Crippen LogP contribution >= 0.6 is 0 Å². The van der Waals surface area contributed by atoms with Gasteiger partial charge in [-0.25, -0.2) is 8.42 Å². The Balaban J connectivity index is 2.18. The highest BCUT2D eigenvalue weighted by atomic mass is 32.2. The van der Waals surface area contributed by atoms with Gasteiger partial charge >= 0.3 is 0 Å². The summed E-state index contributed by atoms with van der Waals surface area (Å²) in [4.78, 5) is 27.9. The van der Waals surface area contributed by atoms with Crippen LogP contribution in [-0.2, 0) is 26.0 Å². The molecule has 36 heavy (non-hydrogen) atoms. The fraction of sp³-hybridized carbons (Fsp3) is 0.481. The summed E-state index contributed by atoms with van der Waals surface area (Å²) in [5.74, 6) is 0.0843. The van der Waals surface area contributed by atoms with E-state index in [1.807, 2.05) is 51.1 Å². The van der Waals surface area contributed by atoms with Gasteiger partial charge < -0.3 is 15.0 Å². The topological polar surface area (TPSA) is 96.0 Å². The van der Waals surface area contributed by atoms with Gasteiger partial charge in [-0.3, -0.25) is 13.9 Å². The summed E-state index contributed by atoms with van der Waals surface area (Å²) in [7, 11) is -2.11. The van der Waals surface area contributed by atoms with Gasteiger partial charge in [-0.05, 0) is 50.8 Å². The number of anilines is 1. The molecule has 0 heterocycles. The Morgan fingerprint density at radius 2 is 1.64 bits per heavy atom. The van der Waals surface area contributed by atoms with Crippen molar-refractivity contribution in [1.29, 1.82) is 0 Å². The van der Waals surface area contributed by atoms with Crippen LogP contribution in [0.2, 0.25) is 0 Å². The molecule has 0 unspecified atom stereocenters. The minimum atomic E-state index is -3.60. The van der Waals surface area contributed by atoms with E-state index < -0.39 is 16.1 Å². The van der Waals surface area contributed by atoms with Crippen LogP contribution in [0.4, 0.5) is 5.69 Å². The number of nitrogens with one attached hydrogen (secondary N) is 1. The first-order chi connectivity index (χ1) is 17.1. The van der Waals surface area contributed by atoms with Crippen LogP contribution in [0.1, 0.15) is 45.6 Å². The Morgan fingerprint density at radius 3 is 2.22 bits per heavy atom. The molecule has 0 bridgehead atoms. The molecule has 0 saturated carbocycles. The molecule has 2 amide bonds. The summed E-state index contributed by atoms with van der Waals surface area (Å²) in [5, 5.41) is 2.92. The molecule has 0 aliphatic rings. The Morgan fingerprint density at radius 1 is 1.00 bits per heavy atom. The molecule has 0 radical (unpaired) electrons. The lowest BCUT2D eigenvalue weighted by atomic mass is 10.1. The molecule has 2 aromatic carbocycles. The van der Waals surface area contributed by atoms with E-state index in [-0.39, 0.29) is 30.8 Å². The predicted molar refractivity (Wildman–Crippen MR) is 144 cm³/mol. The summed E-state index contributed by atoms with van der Waals surface area (Å²) >= 11 is 0. The summed E-state index contributed by atoms with van der Waals surface area (Å²) in [6.45, 7) is 6.18. The van der Waals surface area contributed by atoms with E-state index >= 15 is 0 Å². The first kappa shape index (κ1) is 29.2. The number of ether oxygens (including phenoxy) is 1. The monoisotopic (exact) mass is 517 g/mol. The number of carbonyl (C=O) groups is 2. The molecule has 8 nitrogen and oxygen atoms in total. The van der Waals surface area contributed by atoms with Gasteiger partial charge in [0.25, 0.3) is 0 Å². The van der Waals surface area contributed by atoms with Gasteiger partial charge in [0.1, 0.15) is 11.8 Å². The van der Waals surface area contributed by atoms with Gasteiger partial charge in [-0.15, -0.1) is 0 Å². The van der Waals surface area contributed by atoms with Gasteiger partial charge in [0.2, 0.25) is 21.8 Å². The molecule has 0 aromatic heterocycles. The van der Waals surface area contributed by atoms with Crippen LogP contribution in [0.3, 0.4) is 0 Å². The van der Waals surface area contributed by atoms with Gasteiger partial charge in [0, 0.05) is 25.6 Å². The maximum absolute atomic E-state index is 13.4. The van der Waals surface area contributed by atoms with Crippen molar-refractivity contribution < 1.29 is 22.7 Å². The fourth-order valence-corrected chi connectivity index (χ4v) is 5.06. The Bertz CT molecular complexity index is 1090. The molecular weight excluding hydrogens is 478 g/mol. The molecule has 0 spiro atoms. The molecule has 0 aliphatic heterocycles. The number of para-hydroxylation sites is 2. The summed E-state index contributed by atoms with van der Waals surface area (Å²) in [6, 6.07) is 16.1. The van der Waals surface area contributed by atoms with Crippen molar-refractivity contribution in [2.75, 3.05) is 30.8 Å². The zero-order chi connectivity index (χ0) is 26.7. The molecule has 198 valence electrons. The van der Waals surface area contributed by atoms with E-state index in [1.165, 1.54) is 11.4 Å². The summed E-state index contributed by atoms with van der Waals surface area (Å²) in [6.07, 6.45) is 2.65. The smallest absolute Gasteiger partial charge is 0.242 e. The zero-order valence-electron chi connectivity index (χ0n) is 21.9. The number of methoxy groups -OCH3 is 1. The lowest BCUT2D eigenvalue weighted by Crippen LogP contribution is -2.51. The SMILES string of the molecule is CC[C@H](C(=O)NC(C)C)N(CCc1ccccc1)C(=O)CCCN(c1ccccc1OC)S(C)(=O)=O. The van der Waals surface area contributed by atoms with E-state index in [0.29, 0.717) is 37.2 Å². The zero-order valence-corrected chi connectivity index (χ0v) is 22.8. The normalized spacial score (nSPS) is 12.2. The standard InChI is InChI=1S/C27H39N3O5S/c1-6-23(27(32)28-21(2)3)29(20-18-22-13-8-7-9-14-22)26(31)17-12-19-30(36(5,33)34)24-15-10-11-16-25(24)35-4/h7-11,13-16,21,23H,6,12,17-20H2,1-5H3,(H,28,32)/t23-/m1/s1. The van der Waals surface area contributed by atoms with Crippen molar-refractivity contribution in [1.82, 2.24) is 10.2 Å². The van der Waals surface area contributed by atoms with Gasteiger partial charge in [-0.2, -0.15) is 0 Å². The summed E-state index contributed by atoms with van der Waals surface area (Å²) in [5.41, 5.74) is 1.51. The molecule has 0 fully saturated rings. The first-order valence-corrected chi connectivity index (χ1v) is 14.2. The van der Waals surface area contributed by atoms with E-state index in [1.54, 1.807) is 29.2 Å². The van der Waals surface area contributed by atoms with Crippen molar-refractivity contribution in [2.24, 2.45) is 0 Å². The molecule has 1 N–H and O–H groups in total. The highest BCUT2D eigenvalue weighted by Crippen LogP contribution is 2.29. The Labute approximate surface area is 215 Å². The van der Waals surface area contributed by atoms with Crippen LogP contribution in [0.5, 0.6) is 5.75 Å². The quantitative estimate of drug-likeness (QED) is 0.413. The lowest BCUT2D eigenvalue weighted by molar-refractivity contribution is -0.141. The molecule has 0 saturated heterocycles. The number of carbonyl (C=O) groups excluding carboxylic acids is 2. The number of amides is 2. The van der Waals surface area contributed by atoms with Crippen LogP contribution in [0, 0.1) is 0 Å². The molecule has 9 heteroatoms. The average Bonchev–Trinajstić information content (AvgIpc) is 2.83. The lowest BCUT2D eigenvalue weighted by Gasteiger charge is -2.31. The minimum absolute atomic E-state index is 0.0400. The van der Waals surface area contributed by atoms with Crippen LogP contribution in [0.25, 0.3) is 0 Å². The van der Waals surface area contributed by atoms with Gasteiger partial charge in [0.05, 0.1) is 19.1 Å². The number of hydrogen-bond donors (Lipinski definition) is 1. The second-order valence-electron chi connectivity index (χ2n) is 9.02. The van der Waals surface area contributed by atoms with Crippen molar-refractivity contribution in [3.63, 3.8) is 0 Å². The van der Waals surface area contributed by atoms with E-state index in [4.69, 9.17) is 4.74 Å². The molecular formula is C27H39N3O5S.